The molecule has 21 heavy (non-hydrogen) atoms. The highest BCUT2D eigenvalue weighted by atomic mass is 16.6. The lowest BCUT2D eigenvalue weighted by molar-refractivity contribution is 0.0259. The number of aromatic nitrogens is 4. The molecule has 0 radical (unpaired) electrons. The molecule has 2 aromatic rings. The second-order valence-corrected chi connectivity index (χ2v) is 5.54. The number of nitrogens with zero attached hydrogens (tertiary/aromatic N) is 4. The van der Waals surface area contributed by atoms with Gasteiger partial charge >= 0.3 is 5.97 Å². The smallest absolute Gasteiger partial charge is 0.361 e. The van der Waals surface area contributed by atoms with Crippen LogP contribution < -0.4 is 5.73 Å². The number of carbonyl (C=O) groups is 1. The lowest BCUT2D eigenvalue weighted by Crippen LogP contribution is -2.15. The minimum Gasteiger partial charge on any atom is -0.448 e. The Morgan fingerprint density at radius 2 is 2.00 bits per heavy atom. The summed E-state index contributed by atoms with van der Waals surface area (Å²) in [5.41, 5.74) is 5.28. The fourth-order valence-corrected chi connectivity index (χ4v) is 1.48. The van der Waals surface area contributed by atoms with E-state index < -0.39 is 12.1 Å². The van der Waals surface area contributed by atoms with Crippen LogP contribution in [0.4, 0.5) is 5.82 Å². The average molecular weight is 291 g/mol. The van der Waals surface area contributed by atoms with Gasteiger partial charge in [0.1, 0.15) is 0 Å². The third kappa shape index (κ3) is 3.33. The molecule has 1 unspecified atom stereocenters. The minimum atomic E-state index is -0.706. The van der Waals surface area contributed by atoms with Crippen molar-refractivity contribution in [2.75, 3.05) is 5.73 Å². The summed E-state index contributed by atoms with van der Waals surface area (Å²) in [6.45, 7) is 7.50. The summed E-state index contributed by atoms with van der Waals surface area (Å²) in [6, 6.07) is 0. The molecule has 0 saturated heterocycles. The van der Waals surface area contributed by atoms with Crippen molar-refractivity contribution >= 4 is 11.8 Å². The van der Waals surface area contributed by atoms with Crippen LogP contribution in [-0.4, -0.2) is 26.1 Å². The molecular formula is C13H17N5O3. The van der Waals surface area contributed by atoms with Crippen molar-refractivity contribution in [3.8, 4) is 0 Å². The van der Waals surface area contributed by atoms with Crippen molar-refractivity contribution in [3.05, 3.63) is 29.8 Å². The summed E-state index contributed by atoms with van der Waals surface area (Å²) in [4.78, 5) is 23.8. The normalized spacial score (nSPS) is 13.0. The van der Waals surface area contributed by atoms with E-state index in [9.17, 15) is 4.79 Å². The van der Waals surface area contributed by atoms with Gasteiger partial charge in [-0.05, 0) is 6.92 Å². The first-order valence-corrected chi connectivity index (χ1v) is 6.40. The van der Waals surface area contributed by atoms with E-state index in [2.05, 4.69) is 20.1 Å². The maximum absolute atomic E-state index is 12.0. The Morgan fingerprint density at radius 3 is 2.57 bits per heavy atom. The Morgan fingerprint density at radius 1 is 1.33 bits per heavy atom. The van der Waals surface area contributed by atoms with Crippen molar-refractivity contribution in [1.29, 1.82) is 0 Å². The van der Waals surface area contributed by atoms with E-state index in [0.29, 0.717) is 5.82 Å². The Bertz CT molecular complexity index is 647. The van der Waals surface area contributed by atoms with Gasteiger partial charge < -0.3 is 15.0 Å². The molecule has 1 atom stereocenters. The molecule has 0 aliphatic rings. The zero-order chi connectivity index (χ0) is 15.6. The first-order valence-electron chi connectivity index (χ1n) is 6.40. The van der Waals surface area contributed by atoms with Gasteiger partial charge in [-0.1, -0.05) is 25.9 Å². The largest absolute Gasteiger partial charge is 0.448 e. The molecule has 0 saturated carbocycles. The van der Waals surface area contributed by atoms with E-state index in [1.807, 2.05) is 20.8 Å². The number of ether oxygens (including phenoxy) is 1. The summed E-state index contributed by atoms with van der Waals surface area (Å²) in [6.07, 6.45) is 2.05. The summed E-state index contributed by atoms with van der Waals surface area (Å²) in [7, 11) is 0. The van der Waals surface area contributed by atoms with Crippen LogP contribution in [0, 0.1) is 0 Å². The van der Waals surface area contributed by atoms with Gasteiger partial charge in [0.05, 0.1) is 0 Å². The minimum absolute atomic E-state index is 0.00982. The molecule has 8 nitrogen and oxygen atoms in total. The Hall–Kier alpha value is -2.51. The van der Waals surface area contributed by atoms with Crippen LogP contribution in [0.5, 0.6) is 0 Å². The number of rotatable bonds is 3. The second-order valence-electron chi connectivity index (χ2n) is 5.54. The number of carbonyl (C=O) groups excluding carboxylic acids is 1. The molecule has 0 aliphatic heterocycles. The molecule has 0 amide bonds. The molecule has 0 bridgehead atoms. The zero-order valence-electron chi connectivity index (χ0n) is 12.3. The van der Waals surface area contributed by atoms with E-state index in [-0.39, 0.29) is 22.8 Å². The van der Waals surface area contributed by atoms with Crippen molar-refractivity contribution in [1.82, 2.24) is 20.1 Å². The standard InChI is InChI=1S/C13H17N5O3/c1-7(10-17-12(18-21-10)13(2,3)4)20-11(19)8-9(14)16-6-5-15-8/h5-7H,1-4H3,(H2,14,16). The Kier molecular flexibility index (Phi) is 3.88. The molecule has 2 heterocycles. The monoisotopic (exact) mass is 291 g/mol. The first kappa shape index (κ1) is 14.9. The molecule has 2 aromatic heterocycles. The highest BCUT2D eigenvalue weighted by Gasteiger charge is 2.26. The highest BCUT2D eigenvalue weighted by Crippen LogP contribution is 2.23. The van der Waals surface area contributed by atoms with Gasteiger partial charge in [-0.25, -0.2) is 14.8 Å². The SMILES string of the molecule is CC(OC(=O)c1nccnc1N)c1nc(C(C)(C)C)no1. The summed E-state index contributed by atoms with van der Waals surface area (Å²) in [5.74, 6) is 0.0781. The van der Waals surface area contributed by atoms with Crippen LogP contribution in [0.2, 0.25) is 0 Å². The van der Waals surface area contributed by atoms with Crippen LogP contribution in [0.3, 0.4) is 0 Å². The number of nitrogen functional groups attached to an aromatic ring is 1. The molecule has 0 aromatic carbocycles. The van der Waals surface area contributed by atoms with Gasteiger partial charge in [-0.3, -0.25) is 0 Å². The lowest BCUT2D eigenvalue weighted by Gasteiger charge is -2.11. The van der Waals surface area contributed by atoms with Crippen molar-refractivity contribution in [2.45, 2.75) is 39.2 Å². The summed E-state index contributed by atoms with van der Waals surface area (Å²) in [5, 5.41) is 3.88. The van der Waals surface area contributed by atoms with E-state index in [1.165, 1.54) is 12.4 Å². The van der Waals surface area contributed by atoms with Crippen molar-refractivity contribution < 1.29 is 14.1 Å². The zero-order valence-corrected chi connectivity index (χ0v) is 12.3. The number of anilines is 1. The van der Waals surface area contributed by atoms with Gasteiger partial charge in [0.15, 0.2) is 23.4 Å². The number of esters is 1. The molecule has 0 aliphatic carbocycles. The van der Waals surface area contributed by atoms with E-state index in [4.69, 9.17) is 15.0 Å². The quantitative estimate of drug-likeness (QED) is 0.848. The van der Waals surface area contributed by atoms with E-state index in [1.54, 1.807) is 6.92 Å². The third-order valence-electron chi connectivity index (χ3n) is 2.66. The van der Waals surface area contributed by atoms with Gasteiger partial charge in [0.25, 0.3) is 5.89 Å². The Balaban J connectivity index is 2.11. The molecular weight excluding hydrogens is 274 g/mol. The predicted octanol–water partition coefficient (Wildman–Crippen LogP) is 1.66. The fraction of sp³-hybridized carbons (Fsp3) is 0.462. The first-order chi connectivity index (χ1) is 9.79. The Labute approximate surface area is 121 Å². The average Bonchev–Trinajstić information content (AvgIpc) is 2.88. The molecule has 0 spiro atoms. The molecule has 0 fully saturated rings. The number of hydrogen-bond donors (Lipinski definition) is 1. The highest BCUT2D eigenvalue weighted by molar-refractivity contribution is 5.91. The summed E-state index contributed by atoms with van der Waals surface area (Å²) < 4.78 is 10.3. The van der Waals surface area contributed by atoms with Crippen molar-refractivity contribution in [3.63, 3.8) is 0 Å². The van der Waals surface area contributed by atoms with Gasteiger partial charge in [0, 0.05) is 17.8 Å². The maximum atomic E-state index is 12.0. The van der Waals surface area contributed by atoms with Crippen LogP contribution in [0.15, 0.2) is 16.9 Å². The number of hydrogen-bond acceptors (Lipinski definition) is 8. The second kappa shape index (κ2) is 5.47. The van der Waals surface area contributed by atoms with Crippen molar-refractivity contribution in [2.24, 2.45) is 0 Å². The fourth-order valence-electron chi connectivity index (χ4n) is 1.48. The van der Waals surface area contributed by atoms with Gasteiger partial charge in [-0.15, -0.1) is 0 Å². The summed E-state index contributed by atoms with van der Waals surface area (Å²) >= 11 is 0. The maximum Gasteiger partial charge on any atom is 0.361 e. The van der Waals surface area contributed by atoms with E-state index in [0.717, 1.165) is 0 Å². The molecule has 2 rings (SSSR count). The lowest BCUT2D eigenvalue weighted by atomic mass is 9.96. The topological polar surface area (TPSA) is 117 Å². The van der Waals surface area contributed by atoms with Gasteiger partial charge in [-0.2, -0.15) is 4.98 Å². The van der Waals surface area contributed by atoms with Crippen LogP contribution >= 0.6 is 0 Å². The van der Waals surface area contributed by atoms with Crippen LogP contribution in [-0.2, 0) is 10.2 Å². The van der Waals surface area contributed by atoms with Crippen LogP contribution in [0.25, 0.3) is 0 Å². The van der Waals surface area contributed by atoms with E-state index >= 15 is 0 Å². The van der Waals surface area contributed by atoms with Gasteiger partial charge in [0.2, 0.25) is 0 Å². The predicted molar refractivity (Wildman–Crippen MR) is 73.3 cm³/mol. The third-order valence-corrected chi connectivity index (χ3v) is 2.66. The number of nitrogens with two attached hydrogens (primary N) is 1. The molecule has 112 valence electrons. The molecule has 8 heteroatoms. The van der Waals surface area contributed by atoms with Crippen LogP contribution in [0.1, 0.15) is 56.0 Å². The molecule has 2 N–H and O–H groups in total.